The third kappa shape index (κ3) is 1.76. The molecule has 1 aliphatic rings. The molecule has 0 saturated carbocycles. The zero-order valence-corrected chi connectivity index (χ0v) is 8.19. The highest BCUT2D eigenvalue weighted by molar-refractivity contribution is 5.66. The lowest BCUT2D eigenvalue weighted by Crippen LogP contribution is -2.15. The van der Waals surface area contributed by atoms with Crippen molar-refractivity contribution in [3.8, 4) is 0 Å². The molecule has 0 bridgehead atoms. The number of carbonyl (C=O) groups is 1. The Kier molecular flexibility index (Phi) is 2.48. The van der Waals surface area contributed by atoms with Crippen LogP contribution in [0.25, 0.3) is 0 Å². The zero-order chi connectivity index (χ0) is 9.97. The van der Waals surface area contributed by atoms with E-state index < -0.39 is 0 Å². The normalized spacial score (nSPS) is 19.9. The van der Waals surface area contributed by atoms with Gasteiger partial charge >= 0.3 is 5.97 Å². The SMILES string of the molecule is CC(=O)OC1CCCc2cnccc21. The molecule has 0 amide bonds. The van der Waals surface area contributed by atoms with Crippen molar-refractivity contribution in [3.05, 3.63) is 29.6 Å². The quantitative estimate of drug-likeness (QED) is 0.637. The van der Waals surface area contributed by atoms with Crippen molar-refractivity contribution in [3.63, 3.8) is 0 Å². The number of hydrogen-bond donors (Lipinski definition) is 0. The zero-order valence-electron chi connectivity index (χ0n) is 8.19. The molecule has 3 nitrogen and oxygen atoms in total. The molecule has 14 heavy (non-hydrogen) atoms. The van der Waals surface area contributed by atoms with Crippen LogP contribution in [0.15, 0.2) is 18.5 Å². The lowest BCUT2D eigenvalue weighted by Gasteiger charge is -2.24. The van der Waals surface area contributed by atoms with Gasteiger partial charge in [-0.3, -0.25) is 9.78 Å². The molecule has 3 heteroatoms. The summed E-state index contributed by atoms with van der Waals surface area (Å²) in [6.45, 7) is 1.45. The van der Waals surface area contributed by atoms with Crippen molar-refractivity contribution >= 4 is 5.97 Å². The van der Waals surface area contributed by atoms with Crippen molar-refractivity contribution in [2.75, 3.05) is 0 Å². The van der Waals surface area contributed by atoms with Gasteiger partial charge in [0.15, 0.2) is 0 Å². The fraction of sp³-hybridized carbons (Fsp3) is 0.455. The number of ether oxygens (including phenoxy) is 1. The smallest absolute Gasteiger partial charge is 0.303 e. The van der Waals surface area contributed by atoms with Gasteiger partial charge in [0.1, 0.15) is 6.10 Å². The Bertz CT molecular complexity index is 349. The van der Waals surface area contributed by atoms with Crippen molar-refractivity contribution in [1.29, 1.82) is 0 Å². The van der Waals surface area contributed by atoms with Gasteiger partial charge in [-0.2, -0.15) is 0 Å². The fourth-order valence-corrected chi connectivity index (χ4v) is 1.92. The van der Waals surface area contributed by atoms with Crippen LogP contribution in [0.4, 0.5) is 0 Å². The Morgan fingerprint density at radius 1 is 1.64 bits per heavy atom. The summed E-state index contributed by atoms with van der Waals surface area (Å²) in [4.78, 5) is 15.0. The van der Waals surface area contributed by atoms with E-state index in [4.69, 9.17) is 4.74 Å². The van der Waals surface area contributed by atoms with Crippen LogP contribution in [0, 0.1) is 0 Å². The highest BCUT2D eigenvalue weighted by Crippen LogP contribution is 2.31. The second-order valence-electron chi connectivity index (χ2n) is 3.56. The summed E-state index contributed by atoms with van der Waals surface area (Å²) < 4.78 is 5.25. The average Bonchev–Trinajstić information content (AvgIpc) is 2.18. The van der Waals surface area contributed by atoms with E-state index in [1.54, 1.807) is 6.20 Å². The first kappa shape index (κ1) is 9.19. The van der Waals surface area contributed by atoms with Crippen LogP contribution < -0.4 is 0 Å². The number of aryl methyl sites for hydroxylation is 1. The van der Waals surface area contributed by atoms with Crippen LogP contribution in [-0.2, 0) is 16.0 Å². The van der Waals surface area contributed by atoms with Crippen LogP contribution in [0.1, 0.15) is 37.0 Å². The van der Waals surface area contributed by atoms with Gasteiger partial charge in [-0.25, -0.2) is 0 Å². The number of fused-ring (bicyclic) bond motifs is 1. The van der Waals surface area contributed by atoms with Crippen molar-refractivity contribution in [2.45, 2.75) is 32.3 Å². The van der Waals surface area contributed by atoms with E-state index in [0.29, 0.717) is 0 Å². The number of aromatic nitrogens is 1. The lowest BCUT2D eigenvalue weighted by atomic mass is 9.91. The molecule has 1 aromatic heterocycles. The van der Waals surface area contributed by atoms with E-state index in [-0.39, 0.29) is 12.1 Å². The number of rotatable bonds is 1. The highest BCUT2D eigenvalue weighted by atomic mass is 16.5. The monoisotopic (exact) mass is 191 g/mol. The van der Waals surface area contributed by atoms with Gasteiger partial charge in [0.25, 0.3) is 0 Å². The summed E-state index contributed by atoms with van der Waals surface area (Å²) in [5, 5.41) is 0. The standard InChI is InChI=1S/C11H13NO2/c1-8(13)14-11-4-2-3-9-7-12-6-5-10(9)11/h5-7,11H,2-4H2,1H3. The topological polar surface area (TPSA) is 39.2 Å². The summed E-state index contributed by atoms with van der Waals surface area (Å²) in [6, 6.07) is 1.95. The fourth-order valence-electron chi connectivity index (χ4n) is 1.92. The molecule has 1 heterocycles. The minimum atomic E-state index is -0.209. The Morgan fingerprint density at radius 3 is 3.29 bits per heavy atom. The Labute approximate surface area is 83.1 Å². The molecule has 0 aliphatic heterocycles. The summed E-state index contributed by atoms with van der Waals surface area (Å²) in [5.41, 5.74) is 2.34. The summed E-state index contributed by atoms with van der Waals surface area (Å²) in [6.07, 6.45) is 6.60. The van der Waals surface area contributed by atoms with Crippen LogP contribution in [0.2, 0.25) is 0 Å². The summed E-state index contributed by atoms with van der Waals surface area (Å²) in [7, 11) is 0. The predicted molar refractivity (Wildman–Crippen MR) is 51.7 cm³/mol. The average molecular weight is 191 g/mol. The summed E-state index contributed by atoms with van der Waals surface area (Å²) >= 11 is 0. The second kappa shape index (κ2) is 3.78. The Morgan fingerprint density at radius 2 is 2.50 bits per heavy atom. The lowest BCUT2D eigenvalue weighted by molar-refractivity contribution is -0.147. The molecule has 0 N–H and O–H groups in total. The maximum atomic E-state index is 10.9. The number of pyridine rings is 1. The van der Waals surface area contributed by atoms with Crippen LogP contribution >= 0.6 is 0 Å². The molecule has 0 saturated heterocycles. The van der Waals surface area contributed by atoms with Gasteiger partial charge < -0.3 is 4.74 Å². The largest absolute Gasteiger partial charge is 0.458 e. The van der Waals surface area contributed by atoms with E-state index in [9.17, 15) is 4.79 Å². The minimum Gasteiger partial charge on any atom is -0.458 e. The van der Waals surface area contributed by atoms with Gasteiger partial charge in [-0.05, 0) is 36.5 Å². The summed E-state index contributed by atoms with van der Waals surface area (Å²) in [5.74, 6) is -0.209. The first-order chi connectivity index (χ1) is 6.77. The molecule has 1 atom stereocenters. The highest BCUT2D eigenvalue weighted by Gasteiger charge is 2.21. The van der Waals surface area contributed by atoms with E-state index in [0.717, 1.165) is 24.8 Å². The third-order valence-corrected chi connectivity index (χ3v) is 2.51. The molecule has 74 valence electrons. The molecule has 0 spiro atoms. The molecule has 2 rings (SSSR count). The van der Waals surface area contributed by atoms with E-state index >= 15 is 0 Å². The van der Waals surface area contributed by atoms with E-state index in [1.165, 1.54) is 12.5 Å². The minimum absolute atomic E-state index is 0.0563. The van der Waals surface area contributed by atoms with Gasteiger partial charge in [0.05, 0.1) is 0 Å². The molecule has 1 aliphatic carbocycles. The van der Waals surface area contributed by atoms with Crippen LogP contribution in [-0.4, -0.2) is 11.0 Å². The van der Waals surface area contributed by atoms with Crippen molar-refractivity contribution in [1.82, 2.24) is 4.98 Å². The molecule has 1 aromatic rings. The molecule has 0 radical (unpaired) electrons. The Balaban J connectivity index is 2.26. The number of esters is 1. The van der Waals surface area contributed by atoms with Crippen molar-refractivity contribution < 1.29 is 9.53 Å². The van der Waals surface area contributed by atoms with Gasteiger partial charge in [0.2, 0.25) is 0 Å². The first-order valence-corrected chi connectivity index (χ1v) is 4.87. The number of hydrogen-bond acceptors (Lipinski definition) is 3. The molecular formula is C11H13NO2. The van der Waals surface area contributed by atoms with Crippen molar-refractivity contribution in [2.24, 2.45) is 0 Å². The molecule has 1 unspecified atom stereocenters. The number of nitrogens with zero attached hydrogens (tertiary/aromatic N) is 1. The molecule has 0 aromatic carbocycles. The maximum absolute atomic E-state index is 10.9. The Hall–Kier alpha value is -1.38. The van der Waals surface area contributed by atoms with Gasteiger partial charge in [-0.15, -0.1) is 0 Å². The third-order valence-electron chi connectivity index (χ3n) is 2.51. The molecular weight excluding hydrogens is 178 g/mol. The van der Waals surface area contributed by atoms with E-state index in [1.807, 2.05) is 12.3 Å². The molecule has 0 fully saturated rings. The number of carbonyl (C=O) groups excluding carboxylic acids is 1. The van der Waals surface area contributed by atoms with Crippen LogP contribution in [0.3, 0.4) is 0 Å². The van der Waals surface area contributed by atoms with Gasteiger partial charge in [-0.1, -0.05) is 0 Å². The van der Waals surface area contributed by atoms with Gasteiger partial charge in [0, 0.05) is 19.3 Å². The first-order valence-electron chi connectivity index (χ1n) is 4.87. The predicted octanol–water partition coefficient (Wildman–Crippen LogP) is 2.02. The van der Waals surface area contributed by atoms with Crippen LogP contribution in [0.5, 0.6) is 0 Å². The van der Waals surface area contributed by atoms with E-state index in [2.05, 4.69) is 4.98 Å². The maximum Gasteiger partial charge on any atom is 0.303 e. The second-order valence-corrected chi connectivity index (χ2v) is 3.56.